The highest BCUT2D eigenvalue weighted by atomic mass is 31.1. The highest BCUT2D eigenvalue weighted by Crippen LogP contribution is 2.30. The minimum atomic E-state index is -2.24. The Morgan fingerprint density at radius 2 is 2.25 bits per heavy atom. The molecule has 3 heteroatoms. The fourth-order valence-corrected chi connectivity index (χ4v) is 1.44. The Kier molecular flexibility index (Phi) is 1.64. The van der Waals surface area contributed by atoms with Crippen LogP contribution in [0.25, 0.3) is 0 Å². The van der Waals surface area contributed by atoms with Gasteiger partial charge in [-0.2, -0.15) is 0 Å². The molecular formula is C5H7O2P. The average molecular weight is 130 g/mol. The van der Waals surface area contributed by atoms with Crippen LogP contribution in [0.1, 0.15) is 19.3 Å². The molecule has 8 heavy (non-hydrogen) atoms. The molecule has 0 N–H and O–H groups in total. The second-order valence-corrected chi connectivity index (χ2v) is 2.93. The third kappa shape index (κ3) is 1.07. The summed E-state index contributed by atoms with van der Waals surface area (Å²) in [6.07, 6.45) is 4.52. The Morgan fingerprint density at radius 1 is 1.50 bits per heavy atom. The van der Waals surface area contributed by atoms with E-state index >= 15 is 0 Å². The Balaban J connectivity index is 2.72. The summed E-state index contributed by atoms with van der Waals surface area (Å²) in [5, 5.41) is 0.625. The summed E-state index contributed by atoms with van der Waals surface area (Å²) in [5.74, 6) is 0. The molecule has 1 aliphatic rings. The van der Waals surface area contributed by atoms with E-state index in [0.717, 1.165) is 19.3 Å². The molecule has 0 aromatic carbocycles. The van der Waals surface area contributed by atoms with E-state index in [1.807, 2.05) is 0 Å². The topological polar surface area (TPSA) is 34.1 Å². The van der Waals surface area contributed by atoms with Crippen molar-refractivity contribution in [1.29, 1.82) is 0 Å². The van der Waals surface area contributed by atoms with E-state index in [2.05, 4.69) is 0 Å². The predicted octanol–water partition coefficient (Wildman–Crippen LogP) is 2.23. The van der Waals surface area contributed by atoms with Gasteiger partial charge in [0.1, 0.15) is 0 Å². The molecule has 0 aromatic heterocycles. The third-order valence-corrected chi connectivity index (χ3v) is 2.13. The Morgan fingerprint density at radius 3 is 2.50 bits per heavy atom. The standard InChI is InChI=1S/C5H7O2P/c6-8(7)5-3-1-2-4-5/h3H,1-2,4H2. The van der Waals surface area contributed by atoms with Crippen molar-refractivity contribution in [3.05, 3.63) is 11.4 Å². The zero-order valence-electron chi connectivity index (χ0n) is 4.46. The van der Waals surface area contributed by atoms with Crippen LogP contribution in [0.2, 0.25) is 0 Å². The van der Waals surface area contributed by atoms with Gasteiger partial charge in [0.15, 0.2) is 0 Å². The summed E-state index contributed by atoms with van der Waals surface area (Å²) in [6.45, 7) is 0. The average Bonchev–Trinajstić information content (AvgIpc) is 2.12. The molecule has 0 fully saturated rings. The molecule has 0 radical (unpaired) electrons. The second kappa shape index (κ2) is 2.27. The lowest BCUT2D eigenvalue weighted by Crippen LogP contribution is -1.59. The van der Waals surface area contributed by atoms with E-state index in [1.54, 1.807) is 6.08 Å². The number of hydrogen-bond donors (Lipinski definition) is 0. The van der Waals surface area contributed by atoms with Gasteiger partial charge in [0.2, 0.25) is 0 Å². The first-order chi connectivity index (χ1) is 3.80. The largest absolute Gasteiger partial charge is 0.344 e. The van der Waals surface area contributed by atoms with Crippen LogP contribution >= 0.6 is 7.68 Å². The first kappa shape index (κ1) is 5.77. The van der Waals surface area contributed by atoms with Crippen LogP contribution in [0, 0.1) is 0 Å². The van der Waals surface area contributed by atoms with Crippen LogP contribution in [-0.4, -0.2) is 0 Å². The quantitative estimate of drug-likeness (QED) is 0.510. The first-order valence-electron chi connectivity index (χ1n) is 2.64. The smallest absolute Gasteiger partial charge is 0.232 e. The molecule has 0 heterocycles. The van der Waals surface area contributed by atoms with E-state index in [4.69, 9.17) is 0 Å². The Labute approximate surface area is 48.4 Å². The van der Waals surface area contributed by atoms with Crippen LogP contribution < -0.4 is 0 Å². The van der Waals surface area contributed by atoms with Crippen LogP contribution in [0.5, 0.6) is 0 Å². The zero-order chi connectivity index (χ0) is 5.98. The molecule has 0 aliphatic heterocycles. The van der Waals surface area contributed by atoms with Gasteiger partial charge in [-0.05, 0) is 19.3 Å². The van der Waals surface area contributed by atoms with Crippen molar-refractivity contribution in [1.82, 2.24) is 0 Å². The van der Waals surface area contributed by atoms with Gasteiger partial charge in [-0.1, -0.05) is 6.08 Å². The zero-order valence-corrected chi connectivity index (χ0v) is 5.36. The molecule has 0 amide bonds. The molecular weight excluding hydrogens is 123 g/mol. The van der Waals surface area contributed by atoms with Crippen molar-refractivity contribution in [3.63, 3.8) is 0 Å². The highest BCUT2D eigenvalue weighted by molar-refractivity contribution is 7.36. The van der Waals surface area contributed by atoms with Gasteiger partial charge >= 0.3 is 7.68 Å². The molecule has 0 unspecified atom stereocenters. The summed E-state index contributed by atoms with van der Waals surface area (Å²) in [7, 11) is -2.24. The maximum absolute atomic E-state index is 10.2. The molecule has 0 atom stereocenters. The van der Waals surface area contributed by atoms with Gasteiger partial charge in [-0.15, -0.1) is 0 Å². The molecule has 0 aromatic rings. The van der Waals surface area contributed by atoms with E-state index in [9.17, 15) is 9.13 Å². The van der Waals surface area contributed by atoms with Crippen LogP contribution in [-0.2, 0) is 9.13 Å². The summed E-state index contributed by atoms with van der Waals surface area (Å²) in [6, 6.07) is 0. The Bertz CT molecular complexity index is 171. The van der Waals surface area contributed by atoms with Crippen LogP contribution in [0.3, 0.4) is 0 Å². The number of rotatable bonds is 1. The van der Waals surface area contributed by atoms with Crippen molar-refractivity contribution in [2.45, 2.75) is 19.3 Å². The maximum Gasteiger partial charge on any atom is 0.344 e. The van der Waals surface area contributed by atoms with E-state index in [0.29, 0.717) is 5.31 Å². The fraction of sp³-hybridized carbons (Fsp3) is 0.600. The lowest BCUT2D eigenvalue weighted by Gasteiger charge is -1.78. The van der Waals surface area contributed by atoms with E-state index in [1.165, 1.54) is 0 Å². The third-order valence-electron chi connectivity index (χ3n) is 1.25. The molecule has 0 saturated carbocycles. The van der Waals surface area contributed by atoms with Crippen molar-refractivity contribution in [2.75, 3.05) is 0 Å². The van der Waals surface area contributed by atoms with Gasteiger partial charge in [-0.3, -0.25) is 0 Å². The van der Waals surface area contributed by atoms with Crippen molar-refractivity contribution in [2.24, 2.45) is 0 Å². The van der Waals surface area contributed by atoms with Gasteiger partial charge < -0.3 is 0 Å². The minimum absolute atomic E-state index is 0.625. The normalized spacial score (nSPS) is 18.2. The number of hydrogen-bond acceptors (Lipinski definition) is 2. The van der Waals surface area contributed by atoms with E-state index < -0.39 is 7.68 Å². The van der Waals surface area contributed by atoms with Gasteiger partial charge in [0.25, 0.3) is 0 Å². The molecule has 0 spiro atoms. The number of allylic oxidation sites excluding steroid dienone is 2. The Hall–Kier alpha value is -0.360. The molecule has 1 aliphatic carbocycles. The lowest BCUT2D eigenvalue weighted by molar-refractivity contribution is 0.519. The highest BCUT2D eigenvalue weighted by Gasteiger charge is 2.07. The first-order valence-corrected chi connectivity index (χ1v) is 3.82. The SMILES string of the molecule is O=P(=O)C1=CCCC1. The second-order valence-electron chi connectivity index (χ2n) is 1.84. The van der Waals surface area contributed by atoms with Crippen molar-refractivity contribution in [3.8, 4) is 0 Å². The fourth-order valence-electron chi connectivity index (χ4n) is 0.820. The van der Waals surface area contributed by atoms with Gasteiger partial charge in [0, 0.05) is 5.31 Å². The minimum Gasteiger partial charge on any atom is -0.232 e. The van der Waals surface area contributed by atoms with Crippen molar-refractivity contribution >= 4 is 7.68 Å². The molecule has 1 rings (SSSR count). The van der Waals surface area contributed by atoms with Crippen LogP contribution in [0.15, 0.2) is 11.4 Å². The summed E-state index contributed by atoms with van der Waals surface area (Å²) >= 11 is 0. The van der Waals surface area contributed by atoms with Crippen LogP contribution in [0.4, 0.5) is 0 Å². The lowest BCUT2D eigenvalue weighted by atomic mass is 10.4. The summed E-state index contributed by atoms with van der Waals surface area (Å²) in [5.41, 5.74) is 0. The monoisotopic (exact) mass is 130 g/mol. The van der Waals surface area contributed by atoms with Gasteiger partial charge in [0.05, 0.1) is 0 Å². The molecule has 2 nitrogen and oxygen atoms in total. The summed E-state index contributed by atoms with van der Waals surface area (Å²) < 4.78 is 20.3. The molecule has 44 valence electrons. The molecule has 0 bridgehead atoms. The summed E-state index contributed by atoms with van der Waals surface area (Å²) in [4.78, 5) is 0. The van der Waals surface area contributed by atoms with E-state index in [-0.39, 0.29) is 0 Å². The predicted molar refractivity (Wildman–Crippen MR) is 30.2 cm³/mol. The molecule has 0 saturated heterocycles. The van der Waals surface area contributed by atoms with Gasteiger partial charge in [-0.25, -0.2) is 9.13 Å². The maximum atomic E-state index is 10.2. The van der Waals surface area contributed by atoms with Crippen molar-refractivity contribution < 1.29 is 9.13 Å².